The van der Waals surface area contributed by atoms with E-state index in [9.17, 15) is 9.59 Å². The molecule has 0 aromatic carbocycles. The minimum absolute atomic E-state index is 0.0215. The maximum atomic E-state index is 12.4. The summed E-state index contributed by atoms with van der Waals surface area (Å²) in [4.78, 5) is 27.3. The van der Waals surface area contributed by atoms with Crippen molar-refractivity contribution in [2.24, 2.45) is 11.8 Å². The molecule has 1 rings (SSSR count). The lowest BCUT2D eigenvalue weighted by Gasteiger charge is -2.33. The Labute approximate surface area is 110 Å². The van der Waals surface area contributed by atoms with E-state index < -0.39 is 0 Å². The molecule has 1 saturated heterocycles. The monoisotopic (exact) mass is 255 g/mol. The first-order chi connectivity index (χ1) is 8.47. The Kier molecular flexibility index (Phi) is 5.59. The molecule has 18 heavy (non-hydrogen) atoms. The Hall–Kier alpha value is -1.10. The van der Waals surface area contributed by atoms with Crippen LogP contribution in [0.2, 0.25) is 0 Å². The highest BCUT2D eigenvalue weighted by molar-refractivity contribution is 5.86. The molecule has 2 atom stereocenters. The van der Waals surface area contributed by atoms with Crippen LogP contribution < -0.4 is 5.32 Å². The van der Waals surface area contributed by atoms with E-state index in [1.807, 2.05) is 6.92 Å². The Morgan fingerprint density at radius 3 is 2.50 bits per heavy atom. The Bertz CT molecular complexity index is 305. The van der Waals surface area contributed by atoms with Crippen molar-refractivity contribution in [3.8, 4) is 0 Å². The molecule has 0 radical (unpaired) electrons. The van der Waals surface area contributed by atoms with Gasteiger partial charge in [0.2, 0.25) is 11.8 Å². The molecule has 104 valence electrons. The molecule has 0 aliphatic carbocycles. The zero-order chi connectivity index (χ0) is 13.7. The summed E-state index contributed by atoms with van der Waals surface area (Å²) in [5.41, 5.74) is 0. The van der Waals surface area contributed by atoms with Crippen LogP contribution in [0.4, 0.5) is 0 Å². The van der Waals surface area contributed by atoms with Crippen molar-refractivity contribution in [1.29, 1.82) is 0 Å². The van der Waals surface area contributed by atoms with E-state index in [-0.39, 0.29) is 24.3 Å². The number of amides is 2. The number of carbonyl (C=O) groups is 2. The van der Waals surface area contributed by atoms with Crippen molar-refractivity contribution in [2.75, 3.05) is 40.3 Å². The van der Waals surface area contributed by atoms with Crippen LogP contribution in [0, 0.1) is 11.8 Å². The molecule has 5 heteroatoms. The third-order valence-corrected chi connectivity index (χ3v) is 3.62. The van der Waals surface area contributed by atoms with E-state index in [1.165, 1.54) is 4.90 Å². The molecule has 0 aromatic heterocycles. The summed E-state index contributed by atoms with van der Waals surface area (Å²) in [6, 6.07) is 0. The second-order valence-electron chi connectivity index (χ2n) is 5.22. The molecule has 1 fully saturated rings. The largest absolute Gasteiger partial charge is 0.347 e. The van der Waals surface area contributed by atoms with Crippen LogP contribution in [0.1, 0.15) is 20.3 Å². The second-order valence-corrected chi connectivity index (χ2v) is 5.22. The zero-order valence-electron chi connectivity index (χ0n) is 11.9. The number of hydrogen-bond donors (Lipinski definition) is 1. The summed E-state index contributed by atoms with van der Waals surface area (Å²) in [5, 5.41) is 3.29. The summed E-state index contributed by atoms with van der Waals surface area (Å²) >= 11 is 0. The van der Waals surface area contributed by atoms with Gasteiger partial charge in [-0.15, -0.1) is 0 Å². The van der Waals surface area contributed by atoms with Gasteiger partial charge in [-0.3, -0.25) is 9.59 Å². The quantitative estimate of drug-likeness (QED) is 0.779. The molecule has 1 N–H and O–H groups in total. The van der Waals surface area contributed by atoms with Crippen molar-refractivity contribution in [3.63, 3.8) is 0 Å². The number of piperidine rings is 1. The van der Waals surface area contributed by atoms with E-state index in [2.05, 4.69) is 12.2 Å². The zero-order valence-corrected chi connectivity index (χ0v) is 11.9. The molecule has 1 aliphatic rings. The van der Waals surface area contributed by atoms with Crippen LogP contribution in [0.15, 0.2) is 0 Å². The van der Waals surface area contributed by atoms with Crippen LogP contribution in [0.5, 0.6) is 0 Å². The summed E-state index contributed by atoms with van der Waals surface area (Å²) < 4.78 is 0. The number of hydrogen-bond acceptors (Lipinski definition) is 3. The Balaban J connectivity index is 2.63. The van der Waals surface area contributed by atoms with Gasteiger partial charge >= 0.3 is 0 Å². The first kappa shape index (κ1) is 15.0. The van der Waals surface area contributed by atoms with Gasteiger partial charge in [0, 0.05) is 26.6 Å². The van der Waals surface area contributed by atoms with Gasteiger partial charge in [0.05, 0.1) is 6.54 Å². The van der Waals surface area contributed by atoms with Crippen LogP contribution in [-0.2, 0) is 9.59 Å². The van der Waals surface area contributed by atoms with Crippen LogP contribution in [-0.4, -0.2) is 61.9 Å². The second kappa shape index (κ2) is 6.73. The lowest BCUT2D eigenvalue weighted by atomic mass is 9.86. The molecule has 0 bridgehead atoms. The number of nitrogens with zero attached hydrogens (tertiary/aromatic N) is 2. The number of nitrogens with one attached hydrogen (secondary N) is 1. The third-order valence-electron chi connectivity index (χ3n) is 3.62. The van der Waals surface area contributed by atoms with Gasteiger partial charge < -0.3 is 15.1 Å². The standard InChI is InChI=1S/C13H25N3O2/c1-5-16(9-12(17)15(3)4)13(18)11-6-7-14-8-10(11)2/h10-11,14H,5-9H2,1-4H3. The molecule has 1 heterocycles. The molecule has 0 aromatic rings. The molecular weight excluding hydrogens is 230 g/mol. The number of likely N-dealkylation sites (N-methyl/N-ethyl adjacent to an activating group) is 2. The lowest BCUT2D eigenvalue weighted by molar-refractivity contribution is -0.143. The van der Waals surface area contributed by atoms with Crippen molar-refractivity contribution in [2.45, 2.75) is 20.3 Å². The molecule has 5 nitrogen and oxygen atoms in total. The van der Waals surface area contributed by atoms with Gasteiger partial charge in [-0.25, -0.2) is 0 Å². The molecule has 0 saturated carbocycles. The first-order valence-electron chi connectivity index (χ1n) is 6.67. The predicted octanol–water partition coefficient (Wildman–Crippen LogP) is 0.169. The highest BCUT2D eigenvalue weighted by atomic mass is 16.2. The van der Waals surface area contributed by atoms with Crippen molar-refractivity contribution in [1.82, 2.24) is 15.1 Å². The first-order valence-corrected chi connectivity index (χ1v) is 6.67. The smallest absolute Gasteiger partial charge is 0.241 e. The lowest BCUT2D eigenvalue weighted by Crippen LogP contribution is -2.48. The van der Waals surface area contributed by atoms with Gasteiger partial charge in [-0.1, -0.05) is 6.92 Å². The number of carbonyl (C=O) groups excluding carboxylic acids is 2. The topological polar surface area (TPSA) is 52.7 Å². The van der Waals surface area contributed by atoms with E-state index in [4.69, 9.17) is 0 Å². The van der Waals surface area contributed by atoms with Crippen LogP contribution in [0.3, 0.4) is 0 Å². The highest BCUT2D eigenvalue weighted by Crippen LogP contribution is 2.21. The van der Waals surface area contributed by atoms with Gasteiger partial charge in [0.25, 0.3) is 0 Å². The maximum absolute atomic E-state index is 12.4. The van der Waals surface area contributed by atoms with Crippen molar-refractivity contribution < 1.29 is 9.59 Å². The van der Waals surface area contributed by atoms with E-state index in [1.54, 1.807) is 19.0 Å². The van der Waals surface area contributed by atoms with Crippen LogP contribution >= 0.6 is 0 Å². The normalized spacial score (nSPS) is 23.6. The minimum atomic E-state index is -0.0215. The molecule has 0 spiro atoms. The summed E-state index contributed by atoms with van der Waals surface area (Å²) in [7, 11) is 3.43. The van der Waals surface area contributed by atoms with Gasteiger partial charge in [-0.2, -0.15) is 0 Å². The average molecular weight is 255 g/mol. The van der Waals surface area contributed by atoms with Gasteiger partial charge in [-0.05, 0) is 32.4 Å². The van der Waals surface area contributed by atoms with E-state index >= 15 is 0 Å². The van der Waals surface area contributed by atoms with Crippen molar-refractivity contribution >= 4 is 11.8 Å². The van der Waals surface area contributed by atoms with Gasteiger partial charge in [0.15, 0.2) is 0 Å². The molecular formula is C13H25N3O2. The molecule has 2 amide bonds. The fourth-order valence-electron chi connectivity index (χ4n) is 2.27. The number of rotatable bonds is 4. The maximum Gasteiger partial charge on any atom is 0.241 e. The Morgan fingerprint density at radius 1 is 1.33 bits per heavy atom. The van der Waals surface area contributed by atoms with Crippen molar-refractivity contribution in [3.05, 3.63) is 0 Å². The van der Waals surface area contributed by atoms with Gasteiger partial charge in [0.1, 0.15) is 0 Å². The fourth-order valence-corrected chi connectivity index (χ4v) is 2.27. The predicted molar refractivity (Wildman–Crippen MR) is 71.1 cm³/mol. The molecule has 2 unspecified atom stereocenters. The summed E-state index contributed by atoms with van der Waals surface area (Å²) in [6.45, 7) is 6.58. The average Bonchev–Trinajstić information content (AvgIpc) is 2.35. The summed E-state index contributed by atoms with van der Waals surface area (Å²) in [5.74, 6) is 0.504. The summed E-state index contributed by atoms with van der Waals surface area (Å²) in [6.07, 6.45) is 0.868. The Morgan fingerprint density at radius 2 is 2.00 bits per heavy atom. The fraction of sp³-hybridized carbons (Fsp3) is 0.846. The molecule has 1 aliphatic heterocycles. The third kappa shape index (κ3) is 3.70. The SMILES string of the molecule is CCN(CC(=O)N(C)C)C(=O)C1CCNCC1C. The van der Waals surface area contributed by atoms with E-state index in [0.717, 1.165) is 19.5 Å². The van der Waals surface area contributed by atoms with Crippen LogP contribution in [0.25, 0.3) is 0 Å². The highest BCUT2D eigenvalue weighted by Gasteiger charge is 2.31. The van der Waals surface area contributed by atoms with E-state index in [0.29, 0.717) is 12.5 Å². The minimum Gasteiger partial charge on any atom is -0.347 e.